The molecule has 1 atom stereocenters. The molecule has 0 heterocycles. The van der Waals surface area contributed by atoms with E-state index in [4.69, 9.17) is 19.3 Å². The van der Waals surface area contributed by atoms with E-state index in [-0.39, 0.29) is 18.9 Å². The van der Waals surface area contributed by atoms with E-state index in [9.17, 15) is 4.79 Å². The summed E-state index contributed by atoms with van der Waals surface area (Å²) >= 11 is 0. The molecule has 0 amide bonds. The van der Waals surface area contributed by atoms with E-state index in [1.807, 2.05) is 67.5 Å². The number of para-hydroxylation sites is 2. The van der Waals surface area contributed by atoms with E-state index < -0.39 is 5.97 Å². The highest BCUT2D eigenvalue weighted by atomic mass is 16.5. The Bertz CT molecular complexity index is 818. The van der Waals surface area contributed by atoms with Crippen LogP contribution in [-0.2, 0) is 9.53 Å². The minimum Gasteiger partial charge on any atom is -0.496 e. The second-order valence-corrected chi connectivity index (χ2v) is 6.94. The second-order valence-electron chi connectivity index (χ2n) is 6.94. The molecule has 2 rings (SSSR count). The van der Waals surface area contributed by atoms with Crippen LogP contribution in [0.1, 0.15) is 12.8 Å². The molecule has 6 nitrogen and oxygen atoms in total. The number of hydrogen-bond acceptors (Lipinski definition) is 5. The normalized spacial score (nSPS) is 11.7. The first kappa shape index (κ1) is 22.3. The van der Waals surface area contributed by atoms with Gasteiger partial charge < -0.3 is 24.2 Å². The zero-order valence-corrected chi connectivity index (χ0v) is 17.3. The van der Waals surface area contributed by atoms with Crippen molar-refractivity contribution in [3.63, 3.8) is 0 Å². The van der Waals surface area contributed by atoms with Crippen molar-refractivity contribution in [2.45, 2.75) is 18.9 Å². The number of allylic oxidation sites excluding steroid dienone is 1. The number of aliphatic carboxylic acids is 1. The van der Waals surface area contributed by atoms with Gasteiger partial charge in [-0.15, -0.1) is 0 Å². The van der Waals surface area contributed by atoms with Gasteiger partial charge in [0.15, 0.2) is 0 Å². The molecule has 156 valence electrons. The van der Waals surface area contributed by atoms with Crippen LogP contribution in [0.25, 0.3) is 11.1 Å². The smallest absolute Gasteiger partial charge is 0.303 e. The molecule has 0 fully saturated rings. The molecule has 0 aromatic heterocycles. The maximum atomic E-state index is 10.8. The van der Waals surface area contributed by atoms with Crippen LogP contribution in [-0.4, -0.2) is 56.4 Å². The number of carbonyl (C=O) groups is 1. The van der Waals surface area contributed by atoms with Crippen molar-refractivity contribution in [3.05, 3.63) is 60.9 Å². The van der Waals surface area contributed by atoms with Crippen LogP contribution in [0.5, 0.6) is 11.5 Å². The summed E-state index contributed by atoms with van der Waals surface area (Å²) in [5.41, 5.74) is 1.87. The molecule has 29 heavy (non-hydrogen) atoms. The molecule has 0 aliphatic heterocycles. The quantitative estimate of drug-likeness (QED) is 0.543. The Balaban J connectivity index is 2.13. The van der Waals surface area contributed by atoms with Gasteiger partial charge in [0.05, 0.1) is 19.3 Å². The van der Waals surface area contributed by atoms with Gasteiger partial charge in [-0.3, -0.25) is 4.79 Å². The van der Waals surface area contributed by atoms with Gasteiger partial charge in [0.25, 0.3) is 0 Å². The van der Waals surface area contributed by atoms with E-state index >= 15 is 0 Å². The number of hydrogen-bond donors (Lipinski definition) is 1. The molecule has 6 heteroatoms. The maximum absolute atomic E-state index is 10.8. The van der Waals surface area contributed by atoms with E-state index in [0.29, 0.717) is 18.9 Å². The highest BCUT2D eigenvalue weighted by molar-refractivity contribution is 5.75. The Kier molecular flexibility index (Phi) is 8.55. The lowest BCUT2D eigenvalue weighted by Gasteiger charge is -2.24. The minimum atomic E-state index is -0.874. The van der Waals surface area contributed by atoms with Crippen molar-refractivity contribution in [1.82, 2.24) is 4.90 Å². The molecule has 2 aromatic rings. The molecular weight excluding hydrogens is 370 g/mol. The fourth-order valence-corrected chi connectivity index (χ4v) is 2.94. The number of benzene rings is 2. The number of likely N-dealkylation sites (N-methyl/N-ethyl adjacent to an activating group) is 1. The van der Waals surface area contributed by atoms with Crippen LogP contribution in [0.15, 0.2) is 60.9 Å². The number of nitrogens with zero attached hydrogens (tertiary/aromatic N) is 1. The second kappa shape index (κ2) is 11.1. The molecule has 0 bridgehead atoms. The fraction of sp³-hybridized carbons (Fsp3) is 0.348. The summed E-state index contributed by atoms with van der Waals surface area (Å²) in [4.78, 5) is 12.8. The first-order valence-corrected chi connectivity index (χ1v) is 9.47. The third-order valence-corrected chi connectivity index (χ3v) is 4.23. The number of ether oxygens (including phenoxy) is 3. The first-order chi connectivity index (χ1) is 13.9. The van der Waals surface area contributed by atoms with Gasteiger partial charge in [0.1, 0.15) is 24.2 Å². The van der Waals surface area contributed by atoms with Crippen molar-refractivity contribution in [2.75, 3.05) is 34.4 Å². The number of methoxy groups -OCH3 is 1. The van der Waals surface area contributed by atoms with Gasteiger partial charge in [-0.25, -0.2) is 0 Å². The zero-order chi connectivity index (χ0) is 21.2. The SMILES string of the molecule is C=C(CCC(=O)O)OC(COc1ccccc1-c1ccccc1OC)CN(C)C. The third kappa shape index (κ3) is 7.16. The maximum Gasteiger partial charge on any atom is 0.303 e. The molecule has 0 aliphatic carbocycles. The number of rotatable bonds is 12. The largest absolute Gasteiger partial charge is 0.496 e. The Morgan fingerprint density at radius 1 is 1.03 bits per heavy atom. The van der Waals surface area contributed by atoms with Crippen molar-refractivity contribution in [2.24, 2.45) is 0 Å². The summed E-state index contributed by atoms with van der Waals surface area (Å²) in [6, 6.07) is 15.6. The van der Waals surface area contributed by atoms with E-state index in [1.165, 1.54) is 0 Å². The van der Waals surface area contributed by atoms with E-state index in [1.54, 1.807) is 7.11 Å². The Morgan fingerprint density at radius 3 is 2.21 bits per heavy atom. The summed E-state index contributed by atoms with van der Waals surface area (Å²) in [5, 5.41) is 8.84. The molecule has 1 unspecified atom stereocenters. The zero-order valence-electron chi connectivity index (χ0n) is 17.3. The highest BCUT2D eigenvalue weighted by Crippen LogP contribution is 2.36. The lowest BCUT2D eigenvalue weighted by Crippen LogP contribution is -2.33. The summed E-state index contributed by atoms with van der Waals surface area (Å²) in [7, 11) is 5.53. The molecule has 0 aliphatic rings. The molecule has 2 aromatic carbocycles. The standard InChI is InChI=1S/C23H29NO5/c1-17(13-14-23(25)26)29-18(15-24(2)3)16-28-22-12-8-6-10-20(22)19-9-5-7-11-21(19)27-4/h5-12,18H,1,13-16H2,2-4H3,(H,25,26). The van der Waals surface area contributed by atoms with Crippen molar-refractivity contribution in [3.8, 4) is 22.6 Å². The average Bonchev–Trinajstić information content (AvgIpc) is 2.70. The fourth-order valence-electron chi connectivity index (χ4n) is 2.94. The summed E-state index contributed by atoms with van der Waals surface area (Å²) < 4.78 is 17.5. The molecule has 0 saturated heterocycles. The predicted octanol–water partition coefficient (Wildman–Crippen LogP) is 4.07. The minimum absolute atomic E-state index is 0.00892. The summed E-state index contributed by atoms with van der Waals surface area (Å²) in [5.74, 6) is 1.06. The first-order valence-electron chi connectivity index (χ1n) is 9.47. The van der Waals surface area contributed by atoms with E-state index in [2.05, 4.69) is 6.58 Å². The van der Waals surface area contributed by atoms with Crippen LogP contribution < -0.4 is 9.47 Å². The van der Waals surface area contributed by atoms with Gasteiger partial charge in [0, 0.05) is 24.1 Å². The molecule has 0 spiro atoms. The van der Waals surface area contributed by atoms with Crippen molar-refractivity contribution in [1.29, 1.82) is 0 Å². The van der Waals surface area contributed by atoms with Crippen LogP contribution in [0.3, 0.4) is 0 Å². The Morgan fingerprint density at radius 2 is 1.62 bits per heavy atom. The lowest BCUT2D eigenvalue weighted by molar-refractivity contribution is -0.137. The molecule has 0 saturated carbocycles. The average molecular weight is 399 g/mol. The molecular formula is C23H29NO5. The van der Waals surface area contributed by atoms with Gasteiger partial charge in [-0.1, -0.05) is 43.0 Å². The molecule has 1 N–H and O–H groups in total. The van der Waals surface area contributed by atoms with Crippen molar-refractivity contribution < 1.29 is 24.1 Å². The summed E-state index contributed by atoms with van der Waals surface area (Å²) in [6.45, 7) is 4.76. The van der Waals surface area contributed by atoms with Crippen molar-refractivity contribution >= 4 is 5.97 Å². The number of carboxylic acids is 1. The van der Waals surface area contributed by atoms with Gasteiger partial charge in [-0.05, 0) is 26.2 Å². The topological polar surface area (TPSA) is 68.2 Å². The Hall–Kier alpha value is -2.99. The predicted molar refractivity (Wildman–Crippen MR) is 113 cm³/mol. The van der Waals surface area contributed by atoms with Crippen LogP contribution in [0, 0.1) is 0 Å². The molecule has 0 radical (unpaired) electrons. The number of carboxylic acid groups (broad SMARTS) is 1. The monoisotopic (exact) mass is 399 g/mol. The lowest BCUT2D eigenvalue weighted by atomic mass is 10.0. The van der Waals surface area contributed by atoms with E-state index in [0.717, 1.165) is 22.6 Å². The van der Waals surface area contributed by atoms with Gasteiger partial charge >= 0.3 is 5.97 Å². The van der Waals surface area contributed by atoms with Crippen LogP contribution in [0.2, 0.25) is 0 Å². The highest BCUT2D eigenvalue weighted by Gasteiger charge is 2.17. The Labute approximate surface area is 172 Å². The van der Waals surface area contributed by atoms with Gasteiger partial charge in [-0.2, -0.15) is 0 Å². The third-order valence-electron chi connectivity index (χ3n) is 4.23. The van der Waals surface area contributed by atoms with Crippen LogP contribution in [0.4, 0.5) is 0 Å². The van der Waals surface area contributed by atoms with Gasteiger partial charge in [0.2, 0.25) is 0 Å². The summed E-state index contributed by atoms with van der Waals surface area (Å²) in [6.07, 6.45) is -0.0146. The van der Waals surface area contributed by atoms with Crippen LogP contribution >= 0.6 is 0 Å².